The van der Waals surface area contributed by atoms with Crippen molar-refractivity contribution in [2.45, 2.75) is 6.92 Å². The van der Waals surface area contributed by atoms with E-state index in [-0.39, 0.29) is 29.3 Å². The van der Waals surface area contributed by atoms with E-state index < -0.39 is 5.97 Å². The van der Waals surface area contributed by atoms with Crippen molar-refractivity contribution in [2.24, 2.45) is 0 Å². The summed E-state index contributed by atoms with van der Waals surface area (Å²) in [4.78, 5) is 33.7. The van der Waals surface area contributed by atoms with E-state index in [0.717, 1.165) is 0 Å². The van der Waals surface area contributed by atoms with Crippen molar-refractivity contribution in [1.82, 2.24) is 0 Å². The summed E-state index contributed by atoms with van der Waals surface area (Å²) in [6.07, 6.45) is 0.506. The largest absolute Gasteiger partial charge is 0.493 e. The Kier molecular flexibility index (Phi) is 5.05. The number of Topliss-reactive ketones (excluding diaryl/α,β-unsaturated/α-hetero) is 1. The minimum absolute atomic E-state index is 0.0573. The number of aldehydes is 1. The van der Waals surface area contributed by atoms with Crippen LogP contribution in [0.3, 0.4) is 0 Å². The van der Waals surface area contributed by atoms with Gasteiger partial charge in [-0.15, -0.1) is 0 Å². The molecule has 0 saturated carbocycles. The van der Waals surface area contributed by atoms with Crippen molar-refractivity contribution >= 4 is 18.0 Å². The highest BCUT2D eigenvalue weighted by Gasteiger charge is 2.22. The van der Waals surface area contributed by atoms with E-state index in [1.165, 1.54) is 33.3 Å². The summed E-state index contributed by atoms with van der Waals surface area (Å²) in [7, 11) is 2.75. The van der Waals surface area contributed by atoms with Crippen molar-refractivity contribution in [2.75, 3.05) is 20.8 Å². The zero-order valence-electron chi connectivity index (χ0n) is 10.9. The van der Waals surface area contributed by atoms with E-state index in [9.17, 15) is 14.4 Å². The van der Waals surface area contributed by atoms with Gasteiger partial charge >= 0.3 is 5.97 Å². The first-order chi connectivity index (χ1) is 9.04. The van der Waals surface area contributed by atoms with Crippen LogP contribution in [0.25, 0.3) is 0 Å². The number of ketones is 1. The SMILES string of the molecule is COc1ccc(C=O)c(C(=O)OCC(C)=O)c1OC. The van der Waals surface area contributed by atoms with Crippen molar-refractivity contribution in [1.29, 1.82) is 0 Å². The van der Waals surface area contributed by atoms with Crippen molar-refractivity contribution in [3.05, 3.63) is 23.3 Å². The molecule has 0 bridgehead atoms. The third kappa shape index (κ3) is 3.31. The molecule has 0 aliphatic carbocycles. The molecule has 0 aliphatic rings. The van der Waals surface area contributed by atoms with Gasteiger partial charge in [0, 0.05) is 5.56 Å². The molecule has 102 valence electrons. The van der Waals surface area contributed by atoms with E-state index in [2.05, 4.69) is 0 Å². The molecular weight excluding hydrogens is 252 g/mol. The maximum Gasteiger partial charge on any atom is 0.343 e. The van der Waals surface area contributed by atoms with Crippen molar-refractivity contribution < 1.29 is 28.6 Å². The molecule has 0 spiro atoms. The zero-order valence-corrected chi connectivity index (χ0v) is 10.9. The number of hydrogen-bond donors (Lipinski definition) is 0. The zero-order chi connectivity index (χ0) is 14.4. The van der Waals surface area contributed by atoms with Gasteiger partial charge in [-0.25, -0.2) is 4.79 Å². The molecular formula is C13H14O6. The second kappa shape index (κ2) is 6.53. The fraction of sp³-hybridized carbons (Fsp3) is 0.308. The van der Waals surface area contributed by atoms with E-state index in [1.807, 2.05) is 0 Å². The van der Waals surface area contributed by atoms with Crippen LogP contribution in [-0.4, -0.2) is 38.9 Å². The Balaban J connectivity index is 3.24. The van der Waals surface area contributed by atoms with Gasteiger partial charge in [-0.3, -0.25) is 9.59 Å². The van der Waals surface area contributed by atoms with Crippen LogP contribution < -0.4 is 9.47 Å². The van der Waals surface area contributed by atoms with Crippen LogP contribution in [0.15, 0.2) is 12.1 Å². The van der Waals surface area contributed by atoms with Crippen LogP contribution in [-0.2, 0) is 9.53 Å². The monoisotopic (exact) mass is 266 g/mol. The maximum atomic E-state index is 11.9. The van der Waals surface area contributed by atoms with Gasteiger partial charge in [0.25, 0.3) is 0 Å². The Morgan fingerprint density at radius 2 is 1.89 bits per heavy atom. The minimum atomic E-state index is -0.812. The van der Waals surface area contributed by atoms with Crippen LogP contribution in [0.2, 0.25) is 0 Å². The number of carbonyl (C=O) groups is 3. The lowest BCUT2D eigenvalue weighted by molar-refractivity contribution is -0.120. The number of hydrogen-bond acceptors (Lipinski definition) is 6. The highest BCUT2D eigenvalue weighted by atomic mass is 16.5. The second-order valence-electron chi connectivity index (χ2n) is 3.66. The summed E-state index contributed by atoms with van der Waals surface area (Å²) in [6, 6.07) is 2.92. The van der Waals surface area contributed by atoms with Crippen LogP contribution in [0.1, 0.15) is 27.6 Å². The van der Waals surface area contributed by atoms with Gasteiger partial charge in [0.1, 0.15) is 12.2 Å². The Bertz CT molecular complexity index is 506. The fourth-order valence-corrected chi connectivity index (χ4v) is 1.49. The second-order valence-corrected chi connectivity index (χ2v) is 3.66. The third-order valence-electron chi connectivity index (χ3n) is 2.32. The lowest BCUT2D eigenvalue weighted by Crippen LogP contribution is -2.14. The Labute approximate surface area is 110 Å². The highest BCUT2D eigenvalue weighted by molar-refractivity contribution is 6.02. The van der Waals surface area contributed by atoms with E-state index in [4.69, 9.17) is 14.2 Å². The molecule has 0 unspecified atom stereocenters. The molecule has 1 rings (SSSR count). The molecule has 1 aromatic carbocycles. The number of esters is 1. The standard InChI is InChI=1S/C13H14O6/c1-8(15)7-19-13(16)11-9(6-14)4-5-10(17-2)12(11)18-3/h4-6H,7H2,1-3H3. The molecule has 1 aromatic rings. The summed E-state index contributed by atoms with van der Waals surface area (Å²) in [5, 5.41) is 0. The Morgan fingerprint density at radius 1 is 1.21 bits per heavy atom. The van der Waals surface area contributed by atoms with Crippen molar-refractivity contribution in [3.63, 3.8) is 0 Å². The molecule has 6 nitrogen and oxygen atoms in total. The number of carbonyl (C=O) groups excluding carboxylic acids is 3. The molecule has 0 fully saturated rings. The predicted molar refractivity (Wildman–Crippen MR) is 65.9 cm³/mol. The van der Waals surface area contributed by atoms with Crippen LogP contribution >= 0.6 is 0 Å². The minimum Gasteiger partial charge on any atom is -0.493 e. The fourth-order valence-electron chi connectivity index (χ4n) is 1.49. The number of methoxy groups -OCH3 is 2. The first-order valence-corrected chi connectivity index (χ1v) is 5.41. The van der Waals surface area contributed by atoms with E-state index in [1.54, 1.807) is 0 Å². The summed E-state index contributed by atoms with van der Waals surface area (Å²) in [6.45, 7) is 0.925. The molecule has 0 amide bonds. The maximum absolute atomic E-state index is 11.9. The van der Waals surface area contributed by atoms with Gasteiger partial charge < -0.3 is 14.2 Å². The third-order valence-corrected chi connectivity index (χ3v) is 2.32. The first kappa shape index (κ1) is 14.7. The predicted octanol–water partition coefficient (Wildman–Crippen LogP) is 1.26. The number of rotatable bonds is 6. The number of ether oxygens (including phenoxy) is 3. The topological polar surface area (TPSA) is 78.9 Å². The van der Waals surface area contributed by atoms with E-state index in [0.29, 0.717) is 12.0 Å². The van der Waals surface area contributed by atoms with Gasteiger partial charge in [0.05, 0.1) is 14.2 Å². The molecule has 6 heteroatoms. The number of benzene rings is 1. The Morgan fingerprint density at radius 3 is 2.37 bits per heavy atom. The molecule has 19 heavy (non-hydrogen) atoms. The normalized spacial score (nSPS) is 9.63. The van der Waals surface area contributed by atoms with Gasteiger partial charge in [-0.1, -0.05) is 0 Å². The molecule has 0 heterocycles. The lowest BCUT2D eigenvalue weighted by atomic mass is 10.1. The molecule has 0 aliphatic heterocycles. The highest BCUT2D eigenvalue weighted by Crippen LogP contribution is 2.33. The first-order valence-electron chi connectivity index (χ1n) is 5.41. The van der Waals surface area contributed by atoms with Crippen LogP contribution in [0.5, 0.6) is 11.5 Å². The molecule has 0 aromatic heterocycles. The summed E-state index contributed by atoms with van der Waals surface area (Å²) >= 11 is 0. The van der Waals surface area contributed by atoms with Gasteiger partial charge in [0.2, 0.25) is 0 Å². The summed E-state index contributed by atoms with van der Waals surface area (Å²) < 4.78 is 14.9. The average molecular weight is 266 g/mol. The molecule has 0 saturated heterocycles. The molecule has 0 atom stereocenters. The van der Waals surface area contributed by atoms with Gasteiger partial charge in [0.15, 0.2) is 23.6 Å². The molecule has 0 radical (unpaired) electrons. The van der Waals surface area contributed by atoms with Crippen LogP contribution in [0, 0.1) is 0 Å². The lowest BCUT2D eigenvalue weighted by Gasteiger charge is -2.13. The summed E-state index contributed by atoms with van der Waals surface area (Å²) in [5.41, 5.74) is 0.0457. The van der Waals surface area contributed by atoms with Crippen LogP contribution in [0.4, 0.5) is 0 Å². The van der Waals surface area contributed by atoms with Crippen molar-refractivity contribution in [3.8, 4) is 11.5 Å². The van der Waals surface area contributed by atoms with E-state index >= 15 is 0 Å². The Hall–Kier alpha value is -2.37. The average Bonchev–Trinajstić information content (AvgIpc) is 2.42. The smallest absolute Gasteiger partial charge is 0.343 e. The van der Waals surface area contributed by atoms with Gasteiger partial charge in [-0.05, 0) is 19.1 Å². The van der Waals surface area contributed by atoms with Gasteiger partial charge in [-0.2, -0.15) is 0 Å². The quantitative estimate of drug-likeness (QED) is 0.569. The molecule has 0 N–H and O–H groups in total. The summed E-state index contributed by atoms with van der Waals surface area (Å²) in [5.74, 6) is -0.723.